The molecule has 2 rings (SSSR count). The average molecular weight is 191 g/mol. The average Bonchev–Trinajstić information content (AvgIpc) is 2.65. The van der Waals surface area contributed by atoms with E-state index < -0.39 is 0 Å². The van der Waals surface area contributed by atoms with E-state index in [9.17, 15) is 4.39 Å². The molecule has 0 aliphatic rings. The van der Waals surface area contributed by atoms with Crippen LogP contribution >= 0.6 is 0 Å². The van der Waals surface area contributed by atoms with E-state index in [4.69, 9.17) is 10.2 Å². The molecule has 0 spiro atoms. The van der Waals surface area contributed by atoms with Gasteiger partial charge in [0.15, 0.2) is 0 Å². The van der Waals surface area contributed by atoms with Crippen LogP contribution in [0.15, 0.2) is 41.2 Å². The van der Waals surface area contributed by atoms with Crippen molar-refractivity contribution in [3.63, 3.8) is 0 Å². The molecule has 2 aromatic rings. The maximum atomic E-state index is 12.9. The number of furan rings is 1. The molecule has 2 nitrogen and oxygen atoms in total. The van der Waals surface area contributed by atoms with Gasteiger partial charge >= 0.3 is 0 Å². The van der Waals surface area contributed by atoms with Gasteiger partial charge in [0.1, 0.15) is 5.82 Å². The van der Waals surface area contributed by atoms with Crippen molar-refractivity contribution in [2.75, 3.05) is 0 Å². The summed E-state index contributed by atoms with van der Waals surface area (Å²) in [5, 5.41) is 0. The molecule has 0 radical (unpaired) electrons. The second-order valence-electron chi connectivity index (χ2n) is 3.03. The Morgan fingerprint density at radius 3 is 2.86 bits per heavy atom. The SMILES string of the molecule is NCc1cocc1-c1cccc(F)c1. The lowest BCUT2D eigenvalue weighted by molar-refractivity contribution is 0.564. The van der Waals surface area contributed by atoms with Crippen molar-refractivity contribution < 1.29 is 8.81 Å². The molecule has 0 unspecified atom stereocenters. The van der Waals surface area contributed by atoms with Gasteiger partial charge in [0.25, 0.3) is 0 Å². The van der Waals surface area contributed by atoms with Gasteiger partial charge in [0.05, 0.1) is 12.5 Å². The van der Waals surface area contributed by atoms with Crippen molar-refractivity contribution >= 4 is 0 Å². The highest BCUT2D eigenvalue weighted by Gasteiger charge is 2.06. The van der Waals surface area contributed by atoms with E-state index in [1.54, 1.807) is 18.6 Å². The van der Waals surface area contributed by atoms with E-state index >= 15 is 0 Å². The van der Waals surface area contributed by atoms with Crippen LogP contribution in [0.4, 0.5) is 4.39 Å². The zero-order valence-electron chi connectivity index (χ0n) is 7.53. The van der Waals surface area contributed by atoms with Gasteiger partial charge < -0.3 is 10.2 Å². The fraction of sp³-hybridized carbons (Fsp3) is 0.0909. The van der Waals surface area contributed by atoms with Gasteiger partial charge in [0, 0.05) is 17.7 Å². The quantitative estimate of drug-likeness (QED) is 0.792. The Bertz CT molecular complexity index is 436. The molecule has 3 heteroatoms. The van der Waals surface area contributed by atoms with Gasteiger partial charge in [-0.25, -0.2) is 4.39 Å². The number of nitrogens with two attached hydrogens (primary N) is 1. The summed E-state index contributed by atoms with van der Waals surface area (Å²) in [6.07, 6.45) is 3.16. The Labute approximate surface area is 81.2 Å². The number of hydrogen-bond donors (Lipinski definition) is 1. The van der Waals surface area contributed by atoms with Crippen molar-refractivity contribution in [1.82, 2.24) is 0 Å². The molecule has 0 saturated carbocycles. The van der Waals surface area contributed by atoms with Crippen LogP contribution in [-0.2, 0) is 6.54 Å². The summed E-state index contributed by atoms with van der Waals surface area (Å²) in [4.78, 5) is 0. The first-order valence-electron chi connectivity index (χ1n) is 4.32. The standard InChI is InChI=1S/C11H10FNO/c12-10-3-1-2-8(4-10)11-7-14-6-9(11)5-13/h1-4,6-7H,5,13H2. The minimum atomic E-state index is -0.258. The van der Waals surface area contributed by atoms with Crippen LogP contribution in [-0.4, -0.2) is 0 Å². The summed E-state index contributed by atoms with van der Waals surface area (Å²) >= 11 is 0. The first kappa shape index (κ1) is 8.97. The van der Waals surface area contributed by atoms with Crippen molar-refractivity contribution in [2.45, 2.75) is 6.54 Å². The summed E-state index contributed by atoms with van der Waals surface area (Å²) in [6, 6.07) is 6.36. The Morgan fingerprint density at radius 2 is 2.14 bits per heavy atom. The molecule has 0 saturated heterocycles. The molecule has 0 bridgehead atoms. The van der Waals surface area contributed by atoms with Gasteiger partial charge in [-0.2, -0.15) is 0 Å². The molecule has 2 N–H and O–H groups in total. The second kappa shape index (κ2) is 3.64. The van der Waals surface area contributed by atoms with E-state index in [1.165, 1.54) is 12.1 Å². The zero-order chi connectivity index (χ0) is 9.97. The van der Waals surface area contributed by atoms with Crippen LogP contribution < -0.4 is 5.73 Å². The first-order chi connectivity index (χ1) is 6.81. The molecule has 0 aliphatic heterocycles. The highest BCUT2D eigenvalue weighted by atomic mass is 19.1. The molecule has 0 amide bonds. The van der Waals surface area contributed by atoms with Crippen LogP contribution in [0.2, 0.25) is 0 Å². The summed E-state index contributed by atoms with van der Waals surface area (Å²) in [7, 11) is 0. The minimum Gasteiger partial charge on any atom is -0.472 e. The lowest BCUT2D eigenvalue weighted by atomic mass is 10.1. The van der Waals surface area contributed by atoms with E-state index in [1.807, 2.05) is 6.07 Å². The van der Waals surface area contributed by atoms with E-state index in [0.717, 1.165) is 16.7 Å². The largest absolute Gasteiger partial charge is 0.472 e. The Morgan fingerprint density at radius 1 is 1.29 bits per heavy atom. The highest BCUT2D eigenvalue weighted by Crippen LogP contribution is 2.24. The van der Waals surface area contributed by atoms with E-state index in [0.29, 0.717) is 6.54 Å². The zero-order valence-corrected chi connectivity index (χ0v) is 7.53. The number of hydrogen-bond acceptors (Lipinski definition) is 2. The Balaban J connectivity index is 2.49. The van der Waals surface area contributed by atoms with Crippen LogP contribution in [0.25, 0.3) is 11.1 Å². The third-order valence-electron chi connectivity index (χ3n) is 2.10. The number of halogens is 1. The monoisotopic (exact) mass is 191 g/mol. The van der Waals surface area contributed by atoms with Gasteiger partial charge in [-0.15, -0.1) is 0 Å². The van der Waals surface area contributed by atoms with Gasteiger partial charge in [0.2, 0.25) is 0 Å². The lowest BCUT2D eigenvalue weighted by Gasteiger charge is -2.00. The molecule has 1 aromatic carbocycles. The third kappa shape index (κ3) is 1.54. The topological polar surface area (TPSA) is 39.2 Å². The second-order valence-corrected chi connectivity index (χ2v) is 3.03. The molecule has 1 aromatic heterocycles. The van der Waals surface area contributed by atoms with Crippen LogP contribution in [0, 0.1) is 5.82 Å². The van der Waals surface area contributed by atoms with Crippen LogP contribution in [0.3, 0.4) is 0 Å². The normalized spacial score (nSPS) is 10.4. The van der Waals surface area contributed by atoms with Crippen molar-refractivity contribution in [3.05, 3.63) is 48.2 Å². The van der Waals surface area contributed by atoms with E-state index in [-0.39, 0.29) is 5.82 Å². The van der Waals surface area contributed by atoms with Crippen LogP contribution in [0.5, 0.6) is 0 Å². The summed E-state index contributed by atoms with van der Waals surface area (Å²) in [6.45, 7) is 0.391. The van der Waals surface area contributed by atoms with Gasteiger partial charge in [-0.1, -0.05) is 12.1 Å². The van der Waals surface area contributed by atoms with Crippen molar-refractivity contribution in [2.24, 2.45) is 5.73 Å². The summed E-state index contributed by atoms with van der Waals surface area (Å²) < 4.78 is 18.0. The minimum absolute atomic E-state index is 0.258. The lowest BCUT2D eigenvalue weighted by Crippen LogP contribution is -1.95. The predicted octanol–water partition coefficient (Wildman–Crippen LogP) is 2.54. The Kier molecular flexibility index (Phi) is 2.33. The molecule has 0 aliphatic carbocycles. The van der Waals surface area contributed by atoms with E-state index in [2.05, 4.69) is 0 Å². The highest BCUT2D eigenvalue weighted by molar-refractivity contribution is 5.65. The summed E-state index contributed by atoms with van der Waals surface area (Å²) in [5.41, 5.74) is 8.05. The fourth-order valence-electron chi connectivity index (χ4n) is 1.39. The molecule has 14 heavy (non-hydrogen) atoms. The van der Waals surface area contributed by atoms with Gasteiger partial charge in [-0.05, 0) is 17.7 Å². The van der Waals surface area contributed by atoms with Crippen molar-refractivity contribution in [3.8, 4) is 11.1 Å². The molecule has 0 atom stereocenters. The smallest absolute Gasteiger partial charge is 0.123 e. The third-order valence-corrected chi connectivity index (χ3v) is 2.10. The molecule has 0 fully saturated rings. The maximum Gasteiger partial charge on any atom is 0.123 e. The Hall–Kier alpha value is -1.61. The molecule has 1 heterocycles. The van der Waals surface area contributed by atoms with Crippen molar-refractivity contribution in [1.29, 1.82) is 0 Å². The molecular weight excluding hydrogens is 181 g/mol. The fourth-order valence-corrected chi connectivity index (χ4v) is 1.39. The molecular formula is C11H10FNO. The number of benzene rings is 1. The van der Waals surface area contributed by atoms with Crippen LogP contribution in [0.1, 0.15) is 5.56 Å². The molecule has 72 valence electrons. The summed E-state index contributed by atoms with van der Waals surface area (Å²) in [5.74, 6) is -0.258. The predicted molar refractivity (Wildman–Crippen MR) is 52.0 cm³/mol. The first-order valence-corrected chi connectivity index (χ1v) is 4.32. The number of rotatable bonds is 2. The van der Waals surface area contributed by atoms with Gasteiger partial charge in [-0.3, -0.25) is 0 Å². The maximum absolute atomic E-state index is 12.9.